The second-order valence-corrected chi connectivity index (χ2v) is 7.24. The highest BCUT2D eigenvalue weighted by Crippen LogP contribution is 2.42. The molecule has 2 heterocycles. The van der Waals surface area contributed by atoms with E-state index in [1.165, 1.54) is 0 Å². The summed E-state index contributed by atoms with van der Waals surface area (Å²) in [5, 5.41) is 14.4. The number of aryl methyl sites for hydroxylation is 1. The number of fused-ring (bicyclic) bond motifs is 1. The van der Waals surface area contributed by atoms with Crippen LogP contribution in [0.5, 0.6) is 11.6 Å². The molecule has 7 heteroatoms. The maximum Gasteiger partial charge on any atom is 0.226 e. The number of aromatic nitrogens is 2. The van der Waals surface area contributed by atoms with E-state index in [0.29, 0.717) is 11.5 Å². The zero-order chi connectivity index (χ0) is 19.8. The van der Waals surface area contributed by atoms with Crippen LogP contribution in [-0.4, -0.2) is 23.1 Å². The molecule has 0 saturated carbocycles. The predicted octanol–water partition coefficient (Wildman–Crippen LogP) is 3.95. The van der Waals surface area contributed by atoms with Crippen molar-refractivity contribution >= 4 is 21.5 Å². The fourth-order valence-electron chi connectivity index (χ4n) is 3.29. The summed E-state index contributed by atoms with van der Waals surface area (Å²) in [6.45, 7) is 1.90. The Morgan fingerprint density at radius 2 is 1.86 bits per heavy atom. The Balaban J connectivity index is 1.94. The average Bonchev–Trinajstić information content (AvgIpc) is 3.03. The Morgan fingerprint density at radius 1 is 1.18 bits per heavy atom. The summed E-state index contributed by atoms with van der Waals surface area (Å²) < 4.78 is 13.9. The van der Waals surface area contributed by atoms with Crippen molar-refractivity contribution in [2.75, 3.05) is 7.11 Å². The van der Waals surface area contributed by atoms with Crippen LogP contribution in [0.15, 0.2) is 58.6 Å². The highest BCUT2D eigenvalue weighted by molar-refractivity contribution is 9.10. The standard InChI is InChI=1S/C21H17BrN4O2/c1-12-18-19(13-3-9-16(27-2)10-4-13)17(11-23)20(24)28-21(18)26(25-12)15-7-5-14(22)6-8-15/h3-10,20H,24H2,1-2H3/t20-/m0/s1. The lowest BCUT2D eigenvalue weighted by molar-refractivity contribution is 0.228. The molecule has 140 valence electrons. The second kappa shape index (κ2) is 7.15. The Morgan fingerprint density at radius 3 is 2.46 bits per heavy atom. The number of hydrogen-bond donors (Lipinski definition) is 1. The van der Waals surface area contributed by atoms with Crippen molar-refractivity contribution in [2.45, 2.75) is 13.2 Å². The van der Waals surface area contributed by atoms with Gasteiger partial charge in [0.25, 0.3) is 0 Å². The van der Waals surface area contributed by atoms with Crippen LogP contribution in [0.25, 0.3) is 11.3 Å². The molecule has 0 unspecified atom stereocenters. The van der Waals surface area contributed by atoms with E-state index in [-0.39, 0.29) is 0 Å². The lowest BCUT2D eigenvalue weighted by Gasteiger charge is -2.25. The van der Waals surface area contributed by atoms with Crippen LogP contribution in [0.2, 0.25) is 0 Å². The van der Waals surface area contributed by atoms with Crippen molar-refractivity contribution < 1.29 is 9.47 Å². The van der Waals surface area contributed by atoms with Crippen LogP contribution < -0.4 is 15.2 Å². The minimum absolute atomic E-state index is 0.371. The molecule has 2 aromatic carbocycles. The number of methoxy groups -OCH3 is 1. The molecule has 1 aliphatic rings. The van der Waals surface area contributed by atoms with Gasteiger partial charge in [-0.2, -0.15) is 10.4 Å². The van der Waals surface area contributed by atoms with Gasteiger partial charge in [-0.15, -0.1) is 0 Å². The minimum atomic E-state index is -0.875. The molecule has 1 atom stereocenters. The van der Waals surface area contributed by atoms with E-state index in [9.17, 15) is 5.26 Å². The van der Waals surface area contributed by atoms with Crippen LogP contribution in [0.3, 0.4) is 0 Å². The Labute approximate surface area is 170 Å². The van der Waals surface area contributed by atoms with E-state index in [1.54, 1.807) is 11.8 Å². The maximum atomic E-state index is 9.74. The lowest BCUT2D eigenvalue weighted by atomic mass is 9.91. The highest BCUT2D eigenvalue weighted by atomic mass is 79.9. The molecule has 1 aromatic heterocycles. The van der Waals surface area contributed by atoms with Gasteiger partial charge >= 0.3 is 0 Å². The van der Waals surface area contributed by atoms with Gasteiger partial charge in [-0.25, -0.2) is 4.68 Å². The van der Waals surface area contributed by atoms with E-state index in [2.05, 4.69) is 27.1 Å². The number of benzene rings is 2. The summed E-state index contributed by atoms with van der Waals surface area (Å²) in [6.07, 6.45) is -0.875. The number of hydrogen-bond acceptors (Lipinski definition) is 5. The molecule has 3 aromatic rings. The van der Waals surface area contributed by atoms with Gasteiger partial charge in [-0.05, 0) is 48.9 Å². The molecule has 0 aliphatic carbocycles. The summed E-state index contributed by atoms with van der Waals surface area (Å²) in [4.78, 5) is 0. The van der Waals surface area contributed by atoms with E-state index < -0.39 is 6.23 Å². The topological polar surface area (TPSA) is 86.1 Å². The fourth-order valence-corrected chi connectivity index (χ4v) is 3.56. The average molecular weight is 437 g/mol. The Bertz CT molecular complexity index is 1110. The summed E-state index contributed by atoms with van der Waals surface area (Å²) in [7, 11) is 1.61. The Hall–Kier alpha value is -3.08. The number of nitrogens with two attached hydrogens (primary N) is 1. The molecule has 0 spiro atoms. The maximum absolute atomic E-state index is 9.74. The minimum Gasteiger partial charge on any atom is -0.497 e. The monoisotopic (exact) mass is 436 g/mol. The molecule has 0 bridgehead atoms. The smallest absolute Gasteiger partial charge is 0.226 e. The molecular weight excluding hydrogens is 420 g/mol. The van der Waals surface area contributed by atoms with Crippen LogP contribution in [0, 0.1) is 18.3 Å². The van der Waals surface area contributed by atoms with Gasteiger partial charge in [0, 0.05) is 10.0 Å². The van der Waals surface area contributed by atoms with E-state index in [4.69, 9.17) is 15.2 Å². The van der Waals surface area contributed by atoms with Crippen molar-refractivity contribution in [1.29, 1.82) is 5.26 Å². The third kappa shape index (κ3) is 2.97. The molecule has 28 heavy (non-hydrogen) atoms. The SMILES string of the molecule is COc1ccc(C2=C(C#N)[C@@H](N)Oc3c2c(C)nn3-c2ccc(Br)cc2)cc1. The van der Waals surface area contributed by atoms with E-state index >= 15 is 0 Å². The normalized spacial score (nSPS) is 15.6. The molecule has 0 fully saturated rings. The van der Waals surface area contributed by atoms with Crippen molar-refractivity contribution in [1.82, 2.24) is 9.78 Å². The number of ether oxygens (including phenoxy) is 2. The summed E-state index contributed by atoms with van der Waals surface area (Å²) in [5.74, 6) is 1.26. The zero-order valence-electron chi connectivity index (χ0n) is 15.3. The number of nitrogens with zero attached hydrogens (tertiary/aromatic N) is 3. The molecule has 0 amide bonds. The van der Waals surface area contributed by atoms with Gasteiger partial charge in [0.1, 0.15) is 11.8 Å². The summed E-state index contributed by atoms with van der Waals surface area (Å²) in [5.41, 5.74) is 10.5. The molecule has 6 nitrogen and oxygen atoms in total. The molecule has 0 radical (unpaired) electrons. The first-order valence-electron chi connectivity index (χ1n) is 8.60. The largest absolute Gasteiger partial charge is 0.497 e. The van der Waals surface area contributed by atoms with Gasteiger partial charge in [-0.3, -0.25) is 5.73 Å². The molecule has 0 saturated heterocycles. The quantitative estimate of drug-likeness (QED) is 0.671. The fraction of sp³-hybridized carbons (Fsp3) is 0.143. The van der Waals surface area contributed by atoms with Crippen molar-refractivity contribution in [3.8, 4) is 23.4 Å². The van der Waals surface area contributed by atoms with Crippen LogP contribution in [-0.2, 0) is 0 Å². The summed E-state index contributed by atoms with van der Waals surface area (Å²) in [6, 6.07) is 17.5. The van der Waals surface area contributed by atoms with Gasteiger partial charge in [0.05, 0.1) is 29.6 Å². The third-order valence-electron chi connectivity index (χ3n) is 4.63. The molecular formula is C21H17BrN4O2. The predicted molar refractivity (Wildman–Crippen MR) is 109 cm³/mol. The highest BCUT2D eigenvalue weighted by Gasteiger charge is 2.33. The second-order valence-electron chi connectivity index (χ2n) is 6.32. The first-order chi connectivity index (χ1) is 13.5. The van der Waals surface area contributed by atoms with E-state index in [1.807, 2.05) is 55.5 Å². The van der Waals surface area contributed by atoms with Crippen molar-refractivity contribution in [3.63, 3.8) is 0 Å². The van der Waals surface area contributed by atoms with Gasteiger partial charge in [0.15, 0.2) is 6.23 Å². The lowest BCUT2D eigenvalue weighted by Crippen LogP contribution is -2.33. The van der Waals surface area contributed by atoms with Gasteiger partial charge < -0.3 is 9.47 Å². The van der Waals surface area contributed by atoms with Crippen LogP contribution in [0.1, 0.15) is 16.8 Å². The van der Waals surface area contributed by atoms with Crippen molar-refractivity contribution in [3.05, 3.63) is 75.4 Å². The first kappa shape index (κ1) is 18.3. The number of rotatable bonds is 3. The third-order valence-corrected chi connectivity index (χ3v) is 5.16. The summed E-state index contributed by atoms with van der Waals surface area (Å²) >= 11 is 3.44. The van der Waals surface area contributed by atoms with Crippen LogP contribution >= 0.6 is 15.9 Å². The zero-order valence-corrected chi connectivity index (χ0v) is 16.9. The van der Waals surface area contributed by atoms with E-state index in [0.717, 1.165) is 38.3 Å². The molecule has 4 rings (SSSR count). The van der Waals surface area contributed by atoms with Gasteiger partial charge in [-0.1, -0.05) is 28.1 Å². The number of halogens is 1. The molecule has 1 aliphatic heterocycles. The Kier molecular flexibility index (Phi) is 4.67. The number of nitriles is 1. The van der Waals surface area contributed by atoms with Crippen molar-refractivity contribution in [2.24, 2.45) is 5.73 Å². The van der Waals surface area contributed by atoms with Crippen LogP contribution in [0.4, 0.5) is 0 Å². The van der Waals surface area contributed by atoms with Gasteiger partial charge in [0.2, 0.25) is 5.88 Å². The molecule has 2 N–H and O–H groups in total. The first-order valence-corrected chi connectivity index (χ1v) is 9.39.